The van der Waals surface area contributed by atoms with Crippen molar-refractivity contribution in [2.24, 2.45) is 5.41 Å². The molecule has 216 valence electrons. The van der Waals surface area contributed by atoms with Crippen molar-refractivity contribution < 1.29 is 27.5 Å². The highest BCUT2D eigenvalue weighted by molar-refractivity contribution is 6.08. The molecule has 0 aromatic carbocycles. The van der Waals surface area contributed by atoms with Gasteiger partial charge in [-0.05, 0) is 62.5 Å². The van der Waals surface area contributed by atoms with Crippen molar-refractivity contribution in [1.82, 2.24) is 25.4 Å². The molecule has 0 spiro atoms. The summed E-state index contributed by atoms with van der Waals surface area (Å²) in [6.45, 7) is -1.31. The molecule has 4 rings (SSSR count). The number of amides is 2. The van der Waals surface area contributed by atoms with Crippen LogP contribution in [0.25, 0.3) is 5.82 Å². The first-order valence-electron chi connectivity index (χ1n) is 13.1. The van der Waals surface area contributed by atoms with Crippen molar-refractivity contribution in [3.63, 3.8) is 0 Å². The van der Waals surface area contributed by atoms with E-state index in [2.05, 4.69) is 32.7 Å². The van der Waals surface area contributed by atoms with Crippen LogP contribution in [-0.2, 0) is 11.2 Å². The number of rotatable bonds is 11. The van der Waals surface area contributed by atoms with Gasteiger partial charge in [0.25, 0.3) is 11.8 Å². The smallest absolute Gasteiger partial charge is 0.422 e. The Bertz CT molecular complexity index is 1530. The molecule has 13 heteroatoms. The van der Waals surface area contributed by atoms with Gasteiger partial charge in [-0.1, -0.05) is 5.92 Å². The van der Waals surface area contributed by atoms with Crippen LogP contribution in [0.3, 0.4) is 0 Å². The summed E-state index contributed by atoms with van der Waals surface area (Å²) in [7, 11) is 0. The van der Waals surface area contributed by atoms with Gasteiger partial charge in [-0.2, -0.15) is 28.8 Å². The number of aromatic nitrogens is 3. The maximum absolute atomic E-state index is 13.3. The van der Waals surface area contributed by atoms with Crippen LogP contribution in [0.1, 0.15) is 64.2 Å². The molecule has 0 unspecified atom stereocenters. The number of ether oxygens (including phenoxy) is 1. The number of hydrogen-bond donors (Lipinski definition) is 2. The molecule has 0 radical (unpaired) electrons. The predicted octanol–water partition coefficient (Wildman–Crippen LogP) is 3.65. The summed E-state index contributed by atoms with van der Waals surface area (Å²) in [5.74, 6) is 1.34. The van der Waals surface area contributed by atoms with Gasteiger partial charge in [0, 0.05) is 25.2 Å². The maximum Gasteiger partial charge on any atom is 0.422 e. The second-order valence-electron chi connectivity index (χ2n) is 9.99. The van der Waals surface area contributed by atoms with Crippen molar-refractivity contribution in [3.05, 3.63) is 64.8 Å². The molecule has 0 bridgehead atoms. The van der Waals surface area contributed by atoms with Crippen molar-refractivity contribution in [2.75, 3.05) is 13.2 Å². The molecule has 1 fully saturated rings. The zero-order chi connectivity index (χ0) is 30.3. The van der Waals surface area contributed by atoms with Crippen LogP contribution >= 0.6 is 0 Å². The third kappa shape index (κ3) is 7.35. The average Bonchev–Trinajstić information content (AvgIpc) is 3.65. The molecule has 3 heterocycles. The first kappa shape index (κ1) is 29.9. The lowest BCUT2D eigenvalue weighted by Gasteiger charge is -2.23. The summed E-state index contributed by atoms with van der Waals surface area (Å²) >= 11 is 0. The number of fused-ring (bicyclic) bond motifs is 1. The summed E-state index contributed by atoms with van der Waals surface area (Å²) in [5.41, 5.74) is 0.146. The molecule has 1 aliphatic heterocycles. The highest BCUT2D eigenvalue weighted by atomic mass is 19.4. The number of halogens is 3. The molecule has 2 aromatic heterocycles. The molecule has 2 aromatic rings. The molecule has 2 aliphatic rings. The number of pyridine rings is 1. The number of nitrogens with zero attached hydrogens (tertiary/aromatic N) is 5. The summed E-state index contributed by atoms with van der Waals surface area (Å²) < 4.78 is 43.7. The fraction of sp³-hybridized carbons (Fsp3) is 0.379. The third-order valence-electron chi connectivity index (χ3n) is 6.80. The van der Waals surface area contributed by atoms with E-state index in [1.165, 1.54) is 41.2 Å². The van der Waals surface area contributed by atoms with Gasteiger partial charge in [-0.25, -0.2) is 9.67 Å². The summed E-state index contributed by atoms with van der Waals surface area (Å²) in [4.78, 5) is 30.8. The fourth-order valence-electron chi connectivity index (χ4n) is 4.41. The lowest BCUT2D eigenvalue weighted by molar-refractivity contribution is -0.163. The van der Waals surface area contributed by atoms with Gasteiger partial charge in [0.15, 0.2) is 12.4 Å². The molecule has 1 saturated carbocycles. The second-order valence-corrected chi connectivity index (χ2v) is 9.99. The standard InChI is InChI=1S/C29H26F3N7O3/c1-2-3-7-21(42-18-29(30,31)32)8-5-4-6-20-13-22-24(26(40)37-20)25(27(41)36-17-28(16-34)11-12-28)39(38-22)23-10-9-19(14-33)15-35-23/h1,3,7-10,15,20H,4-6,11-13,17-18H2,(H,36,41)(H,37,40)/b7-3-,21-8+/t20-/m0/s1. The summed E-state index contributed by atoms with van der Waals surface area (Å²) in [6, 6.07) is 6.86. The van der Waals surface area contributed by atoms with Crippen LogP contribution in [-0.4, -0.2) is 51.9 Å². The van der Waals surface area contributed by atoms with E-state index in [0.29, 0.717) is 49.8 Å². The SMILES string of the molecule is C#C/C=C\C(=C/CCC[C@H]1Cc2nn(-c3ccc(C#N)cn3)c(C(=O)NCC3(C#N)CC3)c2C(=O)N1)OCC(F)(F)F. The minimum atomic E-state index is -4.49. The van der Waals surface area contributed by atoms with Crippen LogP contribution < -0.4 is 10.6 Å². The number of carbonyl (C=O) groups excluding carboxylic acids is 2. The lowest BCUT2D eigenvalue weighted by Crippen LogP contribution is -2.42. The number of nitrogens with one attached hydrogen (secondary N) is 2. The summed E-state index contributed by atoms with van der Waals surface area (Å²) in [6.07, 6.45) is 8.97. The van der Waals surface area contributed by atoms with Gasteiger partial charge in [-0.3, -0.25) is 9.59 Å². The van der Waals surface area contributed by atoms with Crippen molar-refractivity contribution in [1.29, 1.82) is 10.5 Å². The molecule has 2 amide bonds. The Morgan fingerprint density at radius 2 is 2.12 bits per heavy atom. The number of carbonyl (C=O) groups is 2. The quantitative estimate of drug-likeness (QED) is 0.179. The molecule has 0 saturated heterocycles. The van der Waals surface area contributed by atoms with Crippen LogP contribution in [0.4, 0.5) is 13.2 Å². The Labute approximate surface area is 239 Å². The van der Waals surface area contributed by atoms with Crippen LogP contribution in [0.2, 0.25) is 0 Å². The van der Waals surface area contributed by atoms with Gasteiger partial charge >= 0.3 is 6.18 Å². The topological polar surface area (TPSA) is 146 Å². The summed E-state index contributed by atoms with van der Waals surface area (Å²) in [5, 5.41) is 28.7. The molecular formula is C29H26F3N7O3. The Morgan fingerprint density at radius 1 is 1.33 bits per heavy atom. The second kappa shape index (κ2) is 12.6. The highest BCUT2D eigenvalue weighted by Gasteiger charge is 2.44. The number of allylic oxidation sites excluding steroid dienone is 3. The first-order valence-corrected chi connectivity index (χ1v) is 13.1. The minimum absolute atomic E-state index is 0.00562. The molecule has 1 aliphatic carbocycles. The lowest BCUT2D eigenvalue weighted by atomic mass is 9.96. The number of alkyl halides is 3. The van der Waals surface area contributed by atoms with E-state index in [1.54, 1.807) is 0 Å². The largest absolute Gasteiger partial charge is 0.484 e. The zero-order valence-electron chi connectivity index (χ0n) is 22.4. The van der Waals surface area contributed by atoms with E-state index >= 15 is 0 Å². The van der Waals surface area contributed by atoms with E-state index in [-0.39, 0.29) is 35.4 Å². The van der Waals surface area contributed by atoms with E-state index in [1.807, 2.05) is 6.07 Å². The normalized spacial score (nSPS) is 17.4. The Kier molecular flexibility index (Phi) is 8.97. The van der Waals surface area contributed by atoms with E-state index < -0.39 is 30.0 Å². The molecule has 10 nitrogen and oxygen atoms in total. The van der Waals surface area contributed by atoms with Gasteiger partial charge in [0.05, 0.1) is 28.3 Å². The van der Waals surface area contributed by atoms with Gasteiger partial charge in [0.1, 0.15) is 17.5 Å². The van der Waals surface area contributed by atoms with Gasteiger partial charge < -0.3 is 15.4 Å². The maximum atomic E-state index is 13.3. The van der Waals surface area contributed by atoms with Gasteiger partial charge in [-0.15, -0.1) is 6.42 Å². The number of unbranched alkanes of at least 4 members (excludes halogenated alkanes) is 1. The zero-order valence-corrected chi connectivity index (χ0v) is 22.4. The van der Waals surface area contributed by atoms with Crippen LogP contribution in [0.15, 0.2) is 42.3 Å². The minimum Gasteiger partial charge on any atom is -0.484 e. The van der Waals surface area contributed by atoms with Gasteiger partial charge in [0.2, 0.25) is 0 Å². The number of hydrogen-bond acceptors (Lipinski definition) is 7. The van der Waals surface area contributed by atoms with Crippen LogP contribution in [0.5, 0.6) is 0 Å². The van der Waals surface area contributed by atoms with Crippen molar-refractivity contribution in [3.8, 4) is 30.3 Å². The van der Waals surface area contributed by atoms with E-state index in [4.69, 9.17) is 16.4 Å². The Hall–Kier alpha value is -5.09. The Balaban J connectivity index is 1.50. The monoisotopic (exact) mass is 577 g/mol. The van der Waals surface area contributed by atoms with E-state index in [9.17, 15) is 28.0 Å². The highest BCUT2D eigenvalue weighted by Crippen LogP contribution is 2.44. The Morgan fingerprint density at radius 3 is 2.74 bits per heavy atom. The molecular weight excluding hydrogens is 551 g/mol. The average molecular weight is 578 g/mol. The number of nitriles is 2. The molecule has 42 heavy (non-hydrogen) atoms. The van der Waals surface area contributed by atoms with Crippen molar-refractivity contribution >= 4 is 11.8 Å². The van der Waals surface area contributed by atoms with E-state index in [0.717, 1.165) is 0 Å². The fourth-order valence-corrected chi connectivity index (χ4v) is 4.41. The van der Waals surface area contributed by atoms with Crippen LogP contribution in [0, 0.1) is 40.4 Å². The first-order chi connectivity index (χ1) is 20.1. The molecule has 1 atom stereocenters. The number of terminal acetylenes is 1. The third-order valence-corrected chi connectivity index (χ3v) is 6.80. The molecule has 2 N–H and O–H groups in total. The predicted molar refractivity (Wildman–Crippen MR) is 143 cm³/mol. The van der Waals surface area contributed by atoms with Crippen molar-refractivity contribution in [2.45, 2.75) is 50.7 Å².